The van der Waals surface area contributed by atoms with Crippen molar-refractivity contribution in [1.29, 1.82) is 0 Å². The van der Waals surface area contributed by atoms with Gasteiger partial charge in [0.2, 0.25) is 0 Å². The molecule has 1 aromatic carbocycles. The molecule has 1 aliphatic rings. The summed E-state index contributed by atoms with van der Waals surface area (Å²) >= 11 is 1.56. The average molecular weight is 384 g/mol. The van der Waals surface area contributed by atoms with Crippen molar-refractivity contribution >= 4 is 17.2 Å². The van der Waals surface area contributed by atoms with Crippen LogP contribution in [0.2, 0.25) is 0 Å². The second-order valence-electron chi connectivity index (χ2n) is 6.37. The lowest BCUT2D eigenvalue weighted by Crippen LogP contribution is -2.35. The maximum Gasteiger partial charge on any atom is 0.289 e. The summed E-state index contributed by atoms with van der Waals surface area (Å²) in [6, 6.07) is 7.45. The van der Waals surface area contributed by atoms with Crippen LogP contribution in [-0.4, -0.2) is 36.6 Å². The summed E-state index contributed by atoms with van der Waals surface area (Å²) < 4.78 is 16.5. The SMILES string of the molecule is COc1cc2c(cc1OC)CN(C(=O)c1ccc(-c3csc(C)n3)o1)CC2. The maximum absolute atomic E-state index is 12.9. The fourth-order valence-electron chi connectivity index (χ4n) is 3.28. The highest BCUT2D eigenvalue weighted by atomic mass is 32.1. The van der Waals surface area contributed by atoms with E-state index < -0.39 is 0 Å². The maximum atomic E-state index is 12.9. The van der Waals surface area contributed by atoms with E-state index in [0.29, 0.717) is 36.1 Å². The van der Waals surface area contributed by atoms with Crippen LogP contribution in [0.4, 0.5) is 0 Å². The summed E-state index contributed by atoms with van der Waals surface area (Å²) in [5.41, 5.74) is 3.00. The molecule has 0 unspecified atom stereocenters. The van der Waals surface area contributed by atoms with Crippen LogP contribution < -0.4 is 9.47 Å². The van der Waals surface area contributed by atoms with Crippen molar-refractivity contribution in [3.63, 3.8) is 0 Å². The monoisotopic (exact) mass is 384 g/mol. The molecule has 0 atom stereocenters. The van der Waals surface area contributed by atoms with Gasteiger partial charge in [0.25, 0.3) is 5.91 Å². The van der Waals surface area contributed by atoms with E-state index in [9.17, 15) is 4.79 Å². The third-order valence-corrected chi connectivity index (χ3v) is 5.47. The van der Waals surface area contributed by atoms with Gasteiger partial charge in [-0.15, -0.1) is 11.3 Å². The van der Waals surface area contributed by atoms with Crippen LogP contribution in [0.15, 0.2) is 34.1 Å². The summed E-state index contributed by atoms with van der Waals surface area (Å²) in [5.74, 6) is 2.22. The molecule has 27 heavy (non-hydrogen) atoms. The molecule has 0 fully saturated rings. The quantitative estimate of drug-likeness (QED) is 0.682. The van der Waals surface area contributed by atoms with Gasteiger partial charge in [-0.3, -0.25) is 4.79 Å². The Morgan fingerprint density at radius 2 is 1.93 bits per heavy atom. The first-order valence-corrected chi connectivity index (χ1v) is 9.52. The Morgan fingerprint density at radius 3 is 2.59 bits per heavy atom. The molecule has 3 heterocycles. The van der Waals surface area contributed by atoms with Crippen LogP contribution in [0.1, 0.15) is 26.7 Å². The molecule has 0 spiro atoms. The number of nitrogens with zero attached hydrogens (tertiary/aromatic N) is 2. The van der Waals surface area contributed by atoms with Gasteiger partial charge in [-0.2, -0.15) is 0 Å². The molecular weight excluding hydrogens is 364 g/mol. The Hall–Kier alpha value is -2.80. The van der Waals surface area contributed by atoms with Crippen molar-refractivity contribution < 1.29 is 18.7 Å². The molecule has 0 saturated carbocycles. The van der Waals surface area contributed by atoms with Crippen LogP contribution in [-0.2, 0) is 13.0 Å². The molecule has 140 valence electrons. The van der Waals surface area contributed by atoms with Crippen LogP contribution in [0.3, 0.4) is 0 Å². The van der Waals surface area contributed by atoms with E-state index >= 15 is 0 Å². The van der Waals surface area contributed by atoms with Crippen molar-refractivity contribution in [2.24, 2.45) is 0 Å². The number of ether oxygens (including phenoxy) is 2. The zero-order valence-electron chi connectivity index (χ0n) is 15.4. The highest BCUT2D eigenvalue weighted by molar-refractivity contribution is 7.09. The number of carbonyl (C=O) groups excluding carboxylic acids is 1. The highest BCUT2D eigenvalue weighted by Crippen LogP contribution is 2.34. The summed E-state index contributed by atoms with van der Waals surface area (Å²) in [5, 5.41) is 2.89. The number of amides is 1. The Morgan fingerprint density at radius 1 is 1.19 bits per heavy atom. The minimum absolute atomic E-state index is 0.117. The third kappa shape index (κ3) is 3.30. The predicted octanol–water partition coefficient (Wildman–Crippen LogP) is 3.93. The summed E-state index contributed by atoms with van der Waals surface area (Å²) in [7, 11) is 3.24. The fraction of sp³-hybridized carbons (Fsp3) is 0.300. The Labute approximate surface area is 161 Å². The van der Waals surface area contributed by atoms with Gasteiger partial charge < -0.3 is 18.8 Å². The van der Waals surface area contributed by atoms with Gasteiger partial charge in [0, 0.05) is 18.5 Å². The molecule has 3 aromatic rings. The topological polar surface area (TPSA) is 64.8 Å². The van der Waals surface area contributed by atoms with E-state index in [-0.39, 0.29) is 5.91 Å². The first kappa shape index (κ1) is 17.6. The number of fused-ring (bicyclic) bond motifs is 1. The number of methoxy groups -OCH3 is 2. The Kier molecular flexibility index (Phi) is 4.61. The summed E-state index contributed by atoms with van der Waals surface area (Å²) in [4.78, 5) is 19.1. The Balaban J connectivity index is 1.55. The molecule has 1 amide bonds. The van der Waals surface area contributed by atoms with Crippen molar-refractivity contribution in [1.82, 2.24) is 9.88 Å². The van der Waals surface area contributed by atoms with E-state index in [1.807, 2.05) is 24.4 Å². The van der Waals surface area contributed by atoms with Crippen molar-refractivity contribution in [3.8, 4) is 23.0 Å². The van der Waals surface area contributed by atoms with Crippen molar-refractivity contribution in [3.05, 3.63) is 51.5 Å². The van der Waals surface area contributed by atoms with E-state index in [0.717, 1.165) is 22.7 Å². The molecule has 0 N–H and O–H groups in total. The predicted molar refractivity (Wildman–Crippen MR) is 103 cm³/mol. The molecule has 0 aliphatic carbocycles. The van der Waals surface area contributed by atoms with E-state index in [4.69, 9.17) is 13.9 Å². The highest BCUT2D eigenvalue weighted by Gasteiger charge is 2.26. The third-order valence-electron chi connectivity index (χ3n) is 4.69. The van der Waals surface area contributed by atoms with Gasteiger partial charge in [-0.25, -0.2) is 4.98 Å². The van der Waals surface area contributed by atoms with E-state index in [1.165, 1.54) is 5.56 Å². The lowest BCUT2D eigenvalue weighted by atomic mass is 9.98. The first-order valence-electron chi connectivity index (χ1n) is 8.64. The molecule has 0 saturated heterocycles. The molecule has 6 nitrogen and oxygen atoms in total. The van der Waals surface area contributed by atoms with Crippen LogP contribution >= 0.6 is 11.3 Å². The lowest BCUT2D eigenvalue weighted by molar-refractivity contribution is 0.0703. The van der Waals surface area contributed by atoms with Crippen LogP contribution in [0, 0.1) is 6.92 Å². The number of hydrogen-bond acceptors (Lipinski definition) is 6. The molecule has 4 rings (SSSR count). The average Bonchev–Trinajstić information content (AvgIpc) is 3.34. The number of aromatic nitrogens is 1. The molecule has 1 aliphatic heterocycles. The summed E-state index contributed by atoms with van der Waals surface area (Å²) in [6.07, 6.45) is 0.764. The number of aryl methyl sites for hydroxylation is 1. The van der Waals surface area contributed by atoms with Gasteiger partial charge in [-0.05, 0) is 48.7 Å². The van der Waals surface area contributed by atoms with Gasteiger partial charge in [0.05, 0.1) is 19.2 Å². The van der Waals surface area contributed by atoms with E-state index in [2.05, 4.69) is 4.98 Å². The Bertz CT molecular complexity index is 992. The molecule has 0 bridgehead atoms. The van der Waals surface area contributed by atoms with Gasteiger partial charge in [0.15, 0.2) is 23.0 Å². The van der Waals surface area contributed by atoms with Gasteiger partial charge in [-0.1, -0.05) is 0 Å². The van der Waals surface area contributed by atoms with Crippen LogP contribution in [0.5, 0.6) is 11.5 Å². The number of furan rings is 1. The van der Waals surface area contributed by atoms with Crippen LogP contribution in [0.25, 0.3) is 11.5 Å². The second kappa shape index (κ2) is 7.08. The molecular formula is C20H20N2O4S. The summed E-state index contributed by atoms with van der Waals surface area (Å²) in [6.45, 7) is 3.09. The van der Waals surface area contributed by atoms with Gasteiger partial charge in [0.1, 0.15) is 5.69 Å². The minimum Gasteiger partial charge on any atom is -0.493 e. The molecule has 0 radical (unpaired) electrons. The number of rotatable bonds is 4. The fourth-order valence-corrected chi connectivity index (χ4v) is 3.88. The smallest absolute Gasteiger partial charge is 0.289 e. The van der Waals surface area contributed by atoms with Gasteiger partial charge >= 0.3 is 0 Å². The lowest BCUT2D eigenvalue weighted by Gasteiger charge is -2.29. The van der Waals surface area contributed by atoms with Crippen molar-refractivity contribution in [2.45, 2.75) is 19.9 Å². The number of hydrogen-bond donors (Lipinski definition) is 0. The standard InChI is InChI=1S/C20H20N2O4S/c1-12-21-15(11-27-12)16-4-5-17(26-16)20(23)22-7-6-13-8-18(24-2)19(25-3)9-14(13)10-22/h4-5,8-9,11H,6-7,10H2,1-3H3. The van der Waals surface area contributed by atoms with E-state index in [1.54, 1.807) is 42.6 Å². The second-order valence-corrected chi connectivity index (χ2v) is 7.43. The molecule has 7 heteroatoms. The normalized spacial score (nSPS) is 13.4. The number of benzene rings is 1. The first-order chi connectivity index (χ1) is 13.1. The van der Waals surface area contributed by atoms with Crippen molar-refractivity contribution in [2.75, 3.05) is 20.8 Å². The zero-order valence-corrected chi connectivity index (χ0v) is 16.3. The molecule has 2 aromatic heterocycles. The minimum atomic E-state index is -0.117. The number of carbonyl (C=O) groups is 1. The largest absolute Gasteiger partial charge is 0.493 e. The number of thiazole rings is 1. The zero-order chi connectivity index (χ0) is 19.0.